The molecule has 1 aromatic rings. The lowest BCUT2D eigenvalue weighted by Crippen LogP contribution is -2.27. The van der Waals surface area contributed by atoms with Crippen molar-refractivity contribution in [2.75, 3.05) is 6.61 Å². The van der Waals surface area contributed by atoms with Crippen LogP contribution in [0.4, 0.5) is 0 Å². The maximum absolute atomic E-state index is 11.5. The zero-order valence-electron chi connectivity index (χ0n) is 9.28. The molecule has 0 saturated heterocycles. The van der Waals surface area contributed by atoms with E-state index in [0.29, 0.717) is 18.2 Å². The van der Waals surface area contributed by atoms with Crippen molar-refractivity contribution < 1.29 is 9.63 Å². The Labute approximate surface area is 89.6 Å². The summed E-state index contributed by atoms with van der Waals surface area (Å²) in [7, 11) is 0. The molecule has 0 bridgehead atoms. The third-order valence-corrected chi connectivity index (χ3v) is 1.81. The van der Waals surface area contributed by atoms with Crippen LogP contribution in [-0.2, 0) is 4.84 Å². The number of aryl methyl sites for hydroxylation is 1. The van der Waals surface area contributed by atoms with Crippen LogP contribution in [-0.4, -0.2) is 17.5 Å². The highest BCUT2D eigenvalue weighted by Crippen LogP contribution is 2.02. The van der Waals surface area contributed by atoms with Crippen molar-refractivity contribution in [3.05, 3.63) is 29.6 Å². The minimum atomic E-state index is -0.297. The summed E-state index contributed by atoms with van der Waals surface area (Å²) in [6.07, 6.45) is 1.59. The second kappa shape index (κ2) is 5.46. The van der Waals surface area contributed by atoms with E-state index in [2.05, 4.69) is 10.5 Å². The Hall–Kier alpha value is -1.42. The summed E-state index contributed by atoms with van der Waals surface area (Å²) in [4.78, 5) is 20.6. The molecule has 4 nitrogen and oxygen atoms in total. The molecule has 0 spiro atoms. The average Bonchev–Trinajstić information content (AvgIpc) is 2.17. The van der Waals surface area contributed by atoms with E-state index in [-0.39, 0.29) is 5.91 Å². The Balaban J connectivity index is 2.51. The molecule has 15 heavy (non-hydrogen) atoms. The van der Waals surface area contributed by atoms with Crippen LogP contribution in [0, 0.1) is 12.8 Å². The second-order valence-corrected chi connectivity index (χ2v) is 3.80. The maximum atomic E-state index is 11.5. The van der Waals surface area contributed by atoms with Gasteiger partial charge in [-0.3, -0.25) is 14.6 Å². The Morgan fingerprint density at radius 2 is 2.33 bits per heavy atom. The van der Waals surface area contributed by atoms with Crippen LogP contribution in [0.5, 0.6) is 0 Å². The number of carbonyl (C=O) groups excluding carboxylic acids is 1. The minimum Gasteiger partial charge on any atom is -0.273 e. The number of aromatic nitrogens is 1. The Morgan fingerprint density at radius 1 is 1.60 bits per heavy atom. The highest BCUT2D eigenvalue weighted by atomic mass is 16.6. The SMILES string of the molecule is Cc1cccnc1C(=O)NOCC(C)C. The third kappa shape index (κ3) is 3.67. The van der Waals surface area contributed by atoms with Gasteiger partial charge in [-0.1, -0.05) is 19.9 Å². The fraction of sp³-hybridized carbons (Fsp3) is 0.455. The molecule has 0 fully saturated rings. The van der Waals surface area contributed by atoms with E-state index in [9.17, 15) is 4.79 Å². The van der Waals surface area contributed by atoms with E-state index in [1.54, 1.807) is 12.3 Å². The summed E-state index contributed by atoms with van der Waals surface area (Å²) >= 11 is 0. The van der Waals surface area contributed by atoms with Gasteiger partial charge in [-0.15, -0.1) is 0 Å². The van der Waals surface area contributed by atoms with Gasteiger partial charge in [0.05, 0.1) is 6.61 Å². The van der Waals surface area contributed by atoms with E-state index in [1.165, 1.54) is 0 Å². The van der Waals surface area contributed by atoms with Crippen LogP contribution in [0.3, 0.4) is 0 Å². The van der Waals surface area contributed by atoms with E-state index in [4.69, 9.17) is 4.84 Å². The molecule has 0 aliphatic carbocycles. The van der Waals surface area contributed by atoms with Crippen LogP contribution in [0.25, 0.3) is 0 Å². The Morgan fingerprint density at radius 3 is 2.93 bits per heavy atom. The summed E-state index contributed by atoms with van der Waals surface area (Å²) < 4.78 is 0. The highest BCUT2D eigenvalue weighted by Gasteiger charge is 2.09. The molecule has 82 valence electrons. The topological polar surface area (TPSA) is 51.2 Å². The van der Waals surface area contributed by atoms with Crippen LogP contribution in [0.15, 0.2) is 18.3 Å². The molecule has 1 heterocycles. The number of hydroxylamine groups is 1. The predicted molar refractivity (Wildman–Crippen MR) is 57.2 cm³/mol. The molecule has 1 amide bonds. The molecule has 1 aromatic heterocycles. The van der Waals surface area contributed by atoms with Crippen LogP contribution in [0.1, 0.15) is 29.9 Å². The summed E-state index contributed by atoms with van der Waals surface area (Å²) in [5.74, 6) is 0.0869. The number of carbonyl (C=O) groups is 1. The number of nitrogens with zero attached hydrogens (tertiary/aromatic N) is 1. The van der Waals surface area contributed by atoms with E-state index < -0.39 is 0 Å². The van der Waals surface area contributed by atoms with Gasteiger partial charge in [0, 0.05) is 6.20 Å². The molecule has 0 atom stereocenters. The van der Waals surface area contributed by atoms with Gasteiger partial charge in [0.2, 0.25) is 0 Å². The van der Waals surface area contributed by atoms with Crippen molar-refractivity contribution in [2.24, 2.45) is 5.92 Å². The van der Waals surface area contributed by atoms with Gasteiger partial charge in [0.15, 0.2) is 0 Å². The maximum Gasteiger partial charge on any atom is 0.293 e. The summed E-state index contributed by atoms with van der Waals surface area (Å²) in [6, 6.07) is 3.63. The van der Waals surface area contributed by atoms with E-state index in [1.807, 2.05) is 26.8 Å². The fourth-order valence-electron chi connectivity index (χ4n) is 1.05. The quantitative estimate of drug-likeness (QED) is 0.766. The standard InChI is InChI=1S/C11H16N2O2/c1-8(2)7-15-13-11(14)10-9(3)5-4-6-12-10/h4-6,8H,7H2,1-3H3,(H,13,14). The number of rotatable bonds is 4. The average molecular weight is 208 g/mol. The summed E-state index contributed by atoms with van der Waals surface area (Å²) in [5, 5.41) is 0. The van der Waals surface area contributed by atoms with Crippen LogP contribution < -0.4 is 5.48 Å². The number of nitrogens with one attached hydrogen (secondary N) is 1. The zero-order valence-corrected chi connectivity index (χ0v) is 9.28. The third-order valence-electron chi connectivity index (χ3n) is 1.81. The first-order valence-electron chi connectivity index (χ1n) is 4.95. The van der Waals surface area contributed by atoms with E-state index >= 15 is 0 Å². The molecule has 0 unspecified atom stereocenters. The van der Waals surface area contributed by atoms with Gasteiger partial charge in [-0.25, -0.2) is 5.48 Å². The monoisotopic (exact) mass is 208 g/mol. The molecule has 0 aliphatic rings. The van der Waals surface area contributed by atoms with Crippen molar-refractivity contribution in [1.29, 1.82) is 0 Å². The summed E-state index contributed by atoms with van der Waals surface area (Å²) in [6.45, 7) is 6.36. The number of pyridine rings is 1. The van der Waals surface area contributed by atoms with Crippen LogP contribution >= 0.6 is 0 Å². The molecule has 0 radical (unpaired) electrons. The molecule has 4 heteroatoms. The van der Waals surface area contributed by atoms with Crippen molar-refractivity contribution in [3.63, 3.8) is 0 Å². The van der Waals surface area contributed by atoms with Gasteiger partial charge < -0.3 is 0 Å². The van der Waals surface area contributed by atoms with Crippen molar-refractivity contribution in [1.82, 2.24) is 10.5 Å². The molecular formula is C11H16N2O2. The lowest BCUT2D eigenvalue weighted by Gasteiger charge is -2.08. The fourth-order valence-corrected chi connectivity index (χ4v) is 1.05. The molecule has 1 N–H and O–H groups in total. The molecule has 0 aliphatic heterocycles. The van der Waals surface area contributed by atoms with Gasteiger partial charge >= 0.3 is 0 Å². The van der Waals surface area contributed by atoms with E-state index in [0.717, 1.165) is 5.56 Å². The number of hydrogen-bond donors (Lipinski definition) is 1. The molecule has 1 rings (SSSR count). The Bertz CT molecular complexity index is 337. The number of amides is 1. The molecule has 0 aromatic carbocycles. The van der Waals surface area contributed by atoms with Crippen molar-refractivity contribution in [2.45, 2.75) is 20.8 Å². The lowest BCUT2D eigenvalue weighted by molar-refractivity contribution is 0.0204. The first-order valence-corrected chi connectivity index (χ1v) is 4.95. The smallest absolute Gasteiger partial charge is 0.273 e. The Kier molecular flexibility index (Phi) is 4.24. The normalized spacial score (nSPS) is 10.4. The van der Waals surface area contributed by atoms with Gasteiger partial charge in [0.1, 0.15) is 5.69 Å². The van der Waals surface area contributed by atoms with Gasteiger partial charge in [-0.05, 0) is 24.5 Å². The zero-order chi connectivity index (χ0) is 11.3. The largest absolute Gasteiger partial charge is 0.293 e. The van der Waals surface area contributed by atoms with Crippen LogP contribution in [0.2, 0.25) is 0 Å². The van der Waals surface area contributed by atoms with Crippen molar-refractivity contribution in [3.8, 4) is 0 Å². The van der Waals surface area contributed by atoms with Gasteiger partial charge in [-0.2, -0.15) is 0 Å². The first kappa shape index (κ1) is 11.7. The minimum absolute atomic E-state index is 0.297. The molecular weight excluding hydrogens is 192 g/mol. The lowest BCUT2D eigenvalue weighted by atomic mass is 10.2. The molecule has 0 saturated carbocycles. The van der Waals surface area contributed by atoms with Gasteiger partial charge in [0.25, 0.3) is 5.91 Å². The predicted octanol–water partition coefficient (Wildman–Crippen LogP) is 1.71. The number of hydrogen-bond acceptors (Lipinski definition) is 3. The highest BCUT2D eigenvalue weighted by molar-refractivity contribution is 5.92. The first-order chi connectivity index (χ1) is 7.11. The van der Waals surface area contributed by atoms with Crippen molar-refractivity contribution >= 4 is 5.91 Å². The summed E-state index contributed by atoms with van der Waals surface area (Å²) in [5.41, 5.74) is 3.61. The second-order valence-electron chi connectivity index (χ2n) is 3.80.